The molecule has 0 aliphatic carbocycles. The van der Waals surface area contributed by atoms with Crippen LogP contribution in [0.1, 0.15) is 30.1 Å². The van der Waals surface area contributed by atoms with Crippen LogP contribution in [0.4, 0.5) is 11.4 Å². The summed E-state index contributed by atoms with van der Waals surface area (Å²) in [4.78, 5) is 16.3. The Balaban J connectivity index is 1.70. The van der Waals surface area contributed by atoms with Crippen LogP contribution in [0.5, 0.6) is 0 Å². The lowest BCUT2D eigenvalue weighted by Crippen LogP contribution is -2.30. The van der Waals surface area contributed by atoms with Crippen LogP contribution < -0.4 is 10.6 Å². The minimum Gasteiger partial charge on any atom is -0.378 e. The van der Waals surface area contributed by atoms with Crippen LogP contribution in [0.2, 0.25) is 0 Å². The molecule has 0 bridgehead atoms. The van der Waals surface area contributed by atoms with Crippen LogP contribution in [0.3, 0.4) is 0 Å². The maximum atomic E-state index is 12.2. The van der Waals surface area contributed by atoms with Gasteiger partial charge in [0, 0.05) is 24.2 Å². The van der Waals surface area contributed by atoms with Crippen molar-refractivity contribution in [1.29, 1.82) is 0 Å². The molecule has 22 heavy (non-hydrogen) atoms. The first-order valence-corrected chi connectivity index (χ1v) is 8.34. The number of ether oxygens (including phenoxy) is 1. The summed E-state index contributed by atoms with van der Waals surface area (Å²) in [7, 11) is 0. The van der Waals surface area contributed by atoms with Gasteiger partial charge in [0.1, 0.15) is 0 Å². The second kappa shape index (κ2) is 6.89. The quantitative estimate of drug-likeness (QED) is 0.887. The first-order chi connectivity index (χ1) is 10.7. The van der Waals surface area contributed by atoms with Crippen molar-refractivity contribution in [3.63, 3.8) is 0 Å². The number of nitrogens with one attached hydrogen (secondary N) is 2. The molecular formula is C16H19N3O2S. The van der Waals surface area contributed by atoms with Crippen molar-refractivity contribution in [2.75, 3.05) is 17.2 Å². The minimum atomic E-state index is -0.123. The van der Waals surface area contributed by atoms with Gasteiger partial charge < -0.3 is 15.4 Å². The number of pyridine rings is 1. The standard InChI is InChI=1S/C16H19N3O2S/c1-11(15-3-2-7-21-15)18-13-4-6-17-9-14(13)19-16(20)12-5-8-22-10-12/h4-6,8-11,15H,2-3,7H2,1H3,(H,17,18)(H,19,20)/t11-,15-/m0/s1. The Hall–Kier alpha value is -1.92. The average Bonchev–Trinajstić information content (AvgIpc) is 3.23. The lowest BCUT2D eigenvalue weighted by molar-refractivity contribution is 0.0997. The fraction of sp³-hybridized carbons (Fsp3) is 0.375. The van der Waals surface area contributed by atoms with Crippen LogP contribution >= 0.6 is 11.3 Å². The third-order valence-corrected chi connectivity index (χ3v) is 4.44. The normalized spacial score (nSPS) is 18.9. The predicted octanol–water partition coefficient (Wildman–Crippen LogP) is 3.37. The van der Waals surface area contributed by atoms with Crippen molar-refractivity contribution < 1.29 is 9.53 Å². The number of rotatable bonds is 5. The van der Waals surface area contributed by atoms with Crippen molar-refractivity contribution in [3.05, 3.63) is 40.8 Å². The van der Waals surface area contributed by atoms with E-state index in [0.29, 0.717) is 11.3 Å². The Morgan fingerprint density at radius 3 is 3.09 bits per heavy atom. The molecule has 0 aromatic carbocycles. The fourth-order valence-electron chi connectivity index (χ4n) is 2.54. The second-order valence-corrected chi connectivity index (χ2v) is 6.15. The maximum absolute atomic E-state index is 12.2. The number of carbonyl (C=O) groups is 1. The van der Waals surface area contributed by atoms with E-state index in [2.05, 4.69) is 22.5 Å². The summed E-state index contributed by atoms with van der Waals surface area (Å²) in [5.74, 6) is -0.123. The Kier molecular flexibility index (Phi) is 4.70. The van der Waals surface area contributed by atoms with Gasteiger partial charge in [0.15, 0.2) is 0 Å². The highest BCUT2D eigenvalue weighted by atomic mass is 32.1. The number of hydrogen-bond acceptors (Lipinski definition) is 5. The highest BCUT2D eigenvalue weighted by Gasteiger charge is 2.23. The van der Waals surface area contributed by atoms with Crippen LogP contribution in [-0.4, -0.2) is 29.6 Å². The van der Waals surface area contributed by atoms with E-state index < -0.39 is 0 Å². The number of thiophene rings is 1. The maximum Gasteiger partial charge on any atom is 0.256 e. The van der Waals surface area contributed by atoms with Crippen molar-refractivity contribution in [2.45, 2.75) is 31.9 Å². The molecule has 2 aromatic rings. The molecule has 0 radical (unpaired) electrons. The third-order valence-electron chi connectivity index (χ3n) is 3.76. The highest BCUT2D eigenvalue weighted by Crippen LogP contribution is 2.25. The molecule has 2 atom stereocenters. The van der Waals surface area contributed by atoms with Crippen molar-refractivity contribution in [3.8, 4) is 0 Å². The topological polar surface area (TPSA) is 63.2 Å². The lowest BCUT2D eigenvalue weighted by Gasteiger charge is -2.22. The molecule has 1 fully saturated rings. The summed E-state index contributed by atoms with van der Waals surface area (Å²) >= 11 is 1.50. The zero-order valence-electron chi connectivity index (χ0n) is 12.4. The fourth-order valence-corrected chi connectivity index (χ4v) is 3.18. The molecule has 3 rings (SSSR count). The van der Waals surface area contributed by atoms with Crippen LogP contribution in [0.25, 0.3) is 0 Å². The number of carbonyl (C=O) groups excluding carboxylic acids is 1. The average molecular weight is 317 g/mol. The van der Waals surface area contributed by atoms with Gasteiger partial charge in [-0.15, -0.1) is 0 Å². The summed E-state index contributed by atoms with van der Waals surface area (Å²) < 4.78 is 5.70. The van der Waals surface area contributed by atoms with Crippen LogP contribution in [0, 0.1) is 0 Å². The number of hydrogen-bond donors (Lipinski definition) is 2. The monoisotopic (exact) mass is 317 g/mol. The van der Waals surface area contributed by atoms with Gasteiger partial charge in [0.05, 0.1) is 29.2 Å². The van der Waals surface area contributed by atoms with Crippen molar-refractivity contribution in [1.82, 2.24) is 4.98 Å². The molecular weight excluding hydrogens is 298 g/mol. The lowest BCUT2D eigenvalue weighted by atomic mass is 10.1. The third kappa shape index (κ3) is 3.45. The van der Waals surface area contributed by atoms with E-state index >= 15 is 0 Å². The van der Waals surface area contributed by atoms with Gasteiger partial charge in [-0.1, -0.05) is 0 Å². The van der Waals surface area contributed by atoms with E-state index in [1.165, 1.54) is 11.3 Å². The molecule has 1 saturated heterocycles. The van der Waals surface area contributed by atoms with Gasteiger partial charge in [-0.25, -0.2) is 0 Å². The van der Waals surface area contributed by atoms with E-state index in [1.807, 2.05) is 16.8 Å². The minimum absolute atomic E-state index is 0.123. The predicted molar refractivity (Wildman–Crippen MR) is 88.6 cm³/mol. The van der Waals surface area contributed by atoms with Gasteiger partial charge in [-0.3, -0.25) is 9.78 Å². The largest absolute Gasteiger partial charge is 0.378 e. The molecule has 116 valence electrons. The number of anilines is 2. The molecule has 2 N–H and O–H groups in total. The van der Waals surface area contributed by atoms with Gasteiger partial charge >= 0.3 is 0 Å². The van der Waals surface area contributed by atoms with Crippen molar-refractivity contribution in [2.24, 2.45) is 0 Å². The van der Waals surface area contributed by atoms with Gasteiger partial charge in [0.25, 0.3) is 5.91 Å². The molecule has 0 saturated carbocycles. The molecule has 1 amide bonds. The van der Waals surface area contributed by atoms with Crippen molar-refractivity contribution >= 4 is 28.6 Å². The summed E-state index contributed by atoms with van der Waals surface area (Å²) in [6, 6.07) is 3.86. The van der Waals surface area contributed by atoms with Crippen LogP contribution in [-0.2, 0) is 4.74 Å². The smallest absolute Gasteiger partial charge is 0.256 e. The molecule has 2 aromatic heterocycles. The Labute approximate surface area is 133 Å². The van der Waals surface area contributed by atoms with E-state index in [1.54, 1.807) is 18.5 Å². The second-order valence-electron chi connectivity index (χ2n) is 5.37. The highest BCUT2D eigenvalue weighted by molar-refractivity contribution is 7.08. The van der Waals surface area contributed by atoms with E-state index in [-0.39, 0.29) is 18.1 Å². The number of nitrogens with zero attached hydrogens (tertiary/aromatic N) is 1. The molecule has 6 heteroatoms. The van der Waals surface area contributed by atoms with Crippen LogP contribution in [0.15, 0.2) is 35.3 Å². The summed E-state index contributed by atoms with van der Waals surface area (Å²) in [5.41, 5.74) is 2.21. The van der Waals surface area contributed by atoms with E-state index in [4.69, 9.17) is 4.74 Å². The molecule has 0 unspecified atom stereocenters. The molecule has 3 heterocycles. The zero-order valence-corrected chi connectivity index (χ0v) is 13.2. The first kappa shape index (κ1) is 15.0. The number of amides is 1. The molecule has 1 aliphatic heterocycles. The first-order valence-electron chi connectivity index (χ1n) is 7.40. The van der Waals surface area contributed by atoms with Gasteiger partial charge in [-0.2, -0.15) is 11.3 Å². The molecule has 5 nitrogen and oxygen atoms in total. The number of aromatic nitrogens is 1. The zero-order chi connectivity index (χ0) is 15.4. The summed E-state index contributed by atoms with van der Waals surface area (Å²) in [5, 5.41) is 10.0. The Bertz CT molecular complexity index is 624. The Morgan fingerprint density at radius 1 is 1.45 bits per heavy atom. The van der Waals surface area contributed by atoms with Gasteiger partial charge in [0.2, 0.25) is 0 Å². The van der Waals surface area contributed by atoms with E-state index in [0.717, 1.165) is 25.1 Å². The Morgan fingerprint density at radius 2 is 2.36 bits per heavy atom. The van der Waals surface area contributed by atoms with Gasteiger partial charge in [-0.05, 0) is 37.3 Å². The SMILES string of the molecule is C[C@H](Nc1ccncc1NC(=O)c1ccsc1)[C@@H]1CCCO1. The van der Waals surface area contributed by atoms with E-state index in [9.17, 15) is 4.79 Å². The summed E-state index contributed by atoms with van der Waals surface area (Å²) in [6.07, 6.45) is 5.76. The molecule has 0 spiro atoms. The summed E-state index contributed by atoms with van der Waals surface area (Å²) in [6.45, 7) is 2.93. The molecule has 1 aliphatic rings.